The van der Waals surface area contributed by atoms with Gasteiger partial charge in [-0.25, -0.2) is 0 Å². The summed E-state index contributed by atoms with van der Waals surface area (Å²) in [5.74, 6) is 0.802. The Bertz CT molecular complexity index is 1240. The second-order valence-electron chi connectivity index (χ2n) is 8.19. The first-order valence-electron chi connectivity index (χ1n) is 10.6. The smallest absolute Gasteiger partial charge is 0.128 e. The molecule has 4 nitrogen and oxygen atoms in total. The highest BCUT2D eigenvalue weighted by molar-refractivity contribution is 7.20. The van der Waals surface area contributed by atoms with Gasteiger partial charge in [-0.2, -0.15) is 0 Å². The lowest BCUT2D eigenvalue weighted by Crippen LogP contribution is -2.42. The molecule has 1 unspecified atom stereocenters. The van der Waals surface area contributed by atoms with Crippen LogP contribution in [0, 0.1) is 0 Å². The number of aliphatic hydroxyl groups is 1. The van der Waals surface area contributed by atoms with Crippen LogP contribution < -0.4 is 4.74 Å². The quantitative estimate of drug-likeness (QED) is 0.380. The number of ether oxygens (including phenoxy) is 1. The monoisotopic (exact) mass is 452 g/mol. The number of hydrogen-bond acceptors (Lipinski definition) is 4. The van der Waals surface area contributed by atoms with Crippen molar-refractivity contribution in [2.75, 3.05) is 19.7 Å². The molecule has 2 N–H and O–H groups in total. The van der Waals surface area contributed by atoms with E-state index in [1.165, 1.54) is 20.5 Å². The first-order valence-corrected chi connectivity index (χ1v) is 11.8. The molecule has 0 bridgehead atoms. The highest BCUT2D eigenvalue weighted by Gasteiger charge is 2.23. The van der Waals surface area contributed by atoms with Gasteiger partial charge in [-0.1, -0.05) is 23.7 Å². The fourth-order valence-corrected chi connectivity index (χ4v) is 5.53. The maximum Gasteiger partial charge on any atom is 0.128 e. The summed E-state index contributed by atoms with van der Waals surface area (Å²) >= 11 is 7.96. The normalized spacial score (nSPS) is 18.4. The number of nitrogens with zero attached hydrogens (tertiary/aromatic N) is 1. The Morgan fingerprint density at radius 1 is 1.26 bits per heavy atom. The molecule has 4 aromatic rings. The Morgan fingerprint density at radius 3 is 3.03 bits per heavy atom. The van der Waals surface area contributed by atoms with E-state index >= 15 is 0 Å². The molecule has 0 radical (unpaired) electrons. The van der Waals surface area contributed by atoms with E-state index in [2.05, 4.69) is 35.0 Å². The summed E-state index contributed by atoms with van der Waals surface area (Å²) in [6.45, 7) is 3.93. The number of thiophene rings is 1. The van der Waals surface area contributed by atoms with E-state index in [4.69, 9.17) is 16.3 Å². The minimum Gasteiger partial charge on any atom is -0.490 e. The summed E-state index contributed by atoms with van der Waals surface area (Å²) in [6.07, 6.45) is 4.62. The van der Waals surface area contributed by atoms with E-state index < -0.39 is 6.10 Å². The van der Waals surface area contributed by atoms with Gasteiger partial charge in [0.05, 0.1) is 0 Å². The summed E-state index contributed by atoms with van der Waals surface area (Å²) in [5, 5.41) is 13.6. The van der Waals surface area contributed by atoms with Crippen LogP contribution in [0.1, 0.15) is 18.2 Å². The molecular weight excluding hydrogens is 428 g/mol. The van der Waals surface area contributed by atoms with Crippen molar-refractivity contribution in [3.05, 3.63) is 70.7 Å². The van der Waals surface area contributed by atoms with Crippen LogP contribution in [0.4, 0.5) is 0 Å². The van der Waals surface area contributed by atoms with Gasteiger partial charge in [-0.3, -0.25) is 4.90 Å². The van der Waals surface area contributed by atoms with Crippen molar-refractivity contribution in [3.63, 3.8) is 0 Å². The van der Waals surface area contributed by atoms with E-state index in [1.807, 2.05) is 53.9 Å². The van der Waals surface area contributed by atoms with Crippen LogP contribution in [0.3, 0.4) is 0 Å². The minimum atomic E-state index is -0.543. The maximum atomic E-state index is 10.6. The Balaban J connectivity index is 1.21. The zero-order chi connectivity index (χ0) is 21.4. The van der Waals surface area contributed by atoms with Gasteiger partial charge in [0.2, 0.25) is 0 Å². The van der Waals surface area contributed by atoms with E-state index in [9.17, 15) is 5.11 Å². The first kappa shape index (κ1) is 20.6. The van der Waals surface area contributed by atoms with Gasteiger partial charge in [-0.05, 0) is 66.8 Å². The highest BCUT2D eigenvalue weighted by atomic mass is 35.5. The molecule has 1 aliphatic heterocycles. The number of aliphatic hydroxyl groups excluding tert-OH is 1. The predicted molar refractivity (Wildman–Crippen MR) is 130 cm³/mol. The fourth-order valence-electron chi connectivity index (χ4n) is 4.26. The van der Waals surface area contributed by atoms with Gasteiger partial charge < -0.3 is 14.8 Å². The third-order valence-electron chi connectivity index (χ3n) is 5.94. The molecule has 6 heteroatoms. The molecule has 2 aromatic heterocycles. The van der Waals surface area contributed by atoms with Gasteiger partial charge in [0.25, 0.3) is 0 Å². The van der Waals surface area contributed by atoms with Crippen LogP contribution in [0.2, 0.25) is 5.02 Å². The van der Waals surface area contributed by atoms with Crippen molar-refractivity contribution >= 4 is 49.5 Å². The van der Waals surface area contributed by atoms with Gasteiger partial charge >= 0.3 is 0 Å². The number of aromatic nitrogens is 1. The van der Waals surface area contributed by atoms with Crippen LogP contribution in [0.15, 0.2) is 60.8 Å². The molecule has 0 amide bonds. The molecule has 0 aliphatic carbocycles. The number of aromatic amines is 1. The highest BCUT2D eigenvalue weighted by Crippen LogP contribution is 2.36. The van der Waals surface area contributed by atoms with Gasteiger partial charge in [0.15, 0.2) is 0 Å². The zero-order valence-electron chi connectivity index (χ0n) is 17.3. The molecule has 0 spiro atoms. The van der Waals surface area contributed by atoms with Gasteiger partial charge in [0, 0.05) is 50.8 Å². The van der Waals surface area contributed by atoms with Crippen molar-refractivity contribution in [3.8, 4) is 5.75 Å². The lowest BCUT2D eigenvalue weighted by atomic mass is 9.99. The third kappa shape index (κ3) is 4.37. The zero-order valence-corrected chi connectivity index (χ0v) is 18.9. The number of hydrogen-bond donors (Lipinski definition) is 2. The van der Waals surface area contributed by atoms with Crippen molar-refractivity contribution in [1.29, 1.82) is 0 Å². The number of benzene rings is 2. The molecule has 0 saturated heterocycles. The van der Waals surface area contributed by atoms with Crippen LogP contribution in [-0.4, -0.2) is 46.8 Å². The van der Waals surface area contributed by atoms with Gasteiger partial charge in [-0.15, -0.1) is 11.3 Å². The summed E-state index contributed by atoms with van der Waals surface area (Å²) in [4.78, 5) is 6.82. The molecule has 2 aromatic carbocycles. The van der Waals surface area contributed by atoms with E-state index in [1.54, 1.807) is 0 Å². The van der Waals surface area contributed by atoms with Crippen molar-refractivity contribution in [1.82, 2.24) is 9.88 Å². The lowest BCUT2D eigenvalue weighted by Gasteiger charge is -2.34. The molecular formula is C25H25ClN2O2S. The minimum absolute atomic E-state index is 0.279. The van der Waals surface area contributed by atoms with E-state index in [-0.39, 0.29) is 6.61 Å². The third-order valence-corrected chi connectivity index (χ3v) is 7.36. The second kappa shape index (κ2) is 8.67. The van der Waals surface area contributed by atoms with E-state index in [0.717, 1.165) is 34.6 Å². The summed E-state index contributed by atoms with van der Waals surface area (Å²) in [6, 6.07) is 16.6. The van der Waals surface area contributed by atoms with E-state index in [0.29, 0.717) is 12.6 Å². The van der Waals surface area contributed by atoms with Crippen molar-refractivity contribution in [2.45, 2.75) is 25.5 Å². The number of halogens is 1. The Morgan fingerprint density at radius 2 is 2.16 bits per heavy atom. The summed E-state index contributed by atoms with van der Waals surface area (Å²) < 4.78 is 7.19. The molecule has 3 heterocycles. The first-order chi connectivity index (χ1) is 15.1. The average Bonchev–Trinajstić information content (AvgIpc) is 3.40. The Labute approximate surface area is 190 Å². The predicted octanol–water partition coefficient (Wildman–Crippen LogP) is 5.95. The van der Waals surface area contributed by atoms with Crippen LogP contribution in [0.25, 0.3) is 26.6 Å². The molecule has 2 atom stereocenters. The topological polar surface area (TPSA) is 48.5 Å². The van der Waals surface area contributed by atoms with Gasteiger partial charge in [0.1, 0.15) is 18.5 Å². The summed E-state index contributed by atoms with van der Waals surface area (Å²) in [7, 11) is 0. The lowest BCUT2D eigenvalue weighted by molar-refractivity contribution is 0.0593. The maximum absolute atomic E-state index is 10.6. The molecule has 0 fully saturated rings. The molecule has 1 aliphatic rings. The molecule has 160 valence electrons. The molecule has 0 saturated carbocycles. The summed E-state index contributed by atoms with van der Waals surface area (Å²) in [5.41, 5.74) is 2.42. The van der Waals surface area contributed by atoms with Crippen molar-refractivity contribution < 1.29 is 9.84 Å². The largest absolute Gasteiger partial charge is 0.490 e. The number of fused-ring (bicyclic) bond motifs is 2. The number of β-amino-alcohol motifs (C(OH)–C–C–N with tert-alkyl or cyclic N) is 1. The fraction of sp³-hybridized carbons (Fsp3) is 0.280. The van der Waals surface area contributed by atoms with Crippen LogP contribution in [0.5, 0.6) is 5.75 Å². The number of nitrogens with one attached hydrogen (secondary N) is 1. The SMILES string of the molecule is CC1CC(c2cc3cc(Cl)ccc3s2)=CCN1C[C@H](O)COc1cccc2[nH]ccc12. The number of rotatable bonds is 6. The Kier molecular flexibility index (Phi) is 5.76. The molecule has 5 rings (SSSR count). The molecule has 31 heavy (non-hydrogen) atoms. The van der Waals surface area contributed by atoms with Crippen molar-refractivity contribution in [2.24, 2.45) is 0 Å². The van der Waals surface area contributed by atoms with Crippen LogP contribution in [-0.2, 0) is 0 Å². The van der Waals surface area contributed by atoms with Crippen LogP contribution >= 0.6 is 22.9 Å². The number of H-pyrrole nitrogens is 1. The standard InChI is InChI=1S/C25H25ClN2O2S/c1-16-11-17(25-13-18-12-19(26)5-6-24(18)31-25)8-10-28(16)14-20(29)15-30-23-4-2-3-22-21(23)7-9-27-22/h2-9,12-13,16,20,27,29H,10-11,14-15H2,1H3/t16?,20-/m0/s1. The average molecular weight is 453 g/mol. The Hall–Kier alpha value is -2.31. The second-order valence-corrected chi connectivity index (χ2v) is 9.71.